The molecule has 6 heteroatoms. The Kier molecular flexibility index (Phi) is 3.41. The number of rotatable bonds is 4. The molecule has 0 saturated heterocycles. The first-order valence-corrected chi connectivity index (χ1v) is 5.71. The summed E-state index contributed by atoms with van der Waals surface area (Å²) >= 11 is 0. The van der Waals surface area contributed by atoms with Crippen molar-refractivity contribution in [3.05, 3.63) is 40.4 Å². The van der Waals surface area contributed by atoms with Crippen molar-refractivity contribution >= 4 is 5.97 Å². The second-order valence-corrected chi connectivity index (χ2v) is 3.86. The first-order valence-electron chi connectivity index (χ1n) is 5.71. The maximum atomic E-state index is 11.7. The molecule has 1 heterocycles. The SMILES string of the molecule is CCOc1ccc(-c2c(C(=O)O)n(C)oc2=O)cc1. The lowest BCUT2D eigenvalue weighted by Crippen LogP contribution is -2.06. The van der Waals surface area contributed by atoms with Gasteiger partial charge in [0.15, 0.2) is 5.69 Å². The van der Waals surface area contributed by atoms with Crippen molar-refractivity contribution in [3.63, 3.8) is 0 Å². The molecule has 0 bridgehead atoms. The van der Waals surface area contributed by atoms with E-state index < -0.39 is 11.6 Å². The summed E-state index contributed by atoms with van der Waals surface area (Å²) in [5.74, 6) is -0.555. The Morgan fingerprint density at radius 2 is 2.00 bits per heavy atom. The van der Waals surface area contributed by atoms with Crippen LogP contribution in [0.4, 0.5) is 0 Å². The second kappa shape index (κ2) is 5.01. The van der Waals surface area contributed by atoms with Gasteiger partial charge in [0.25, 0.3) is 0 Å². The molecule has 1 aromatic carbocycles. The Morgan fingerprint density at radius 1 is 1.37 bits per heavy atom. The molecule has 0 atom stereocenters. The van der Waals surface area contributed by atoms with Gasteiger partial charge in [-0.25, -0.2) is 14.3 Å². The van der Waals surface area contributed by atoms with Crippen molar-refractivity contribution in [2.75, 3.05) is 6.61 Å². The van der Waals surface area contributed by atoms with E-state index in [0.29, 0.717) is 17.9 Å². The molecule has 0 unspecified atom stereocenters. The van der Waals surface area contributed by atoms with Crippen LogP contribution in [-0.2, 0) is 7.05 Å². The van der Waals surface area contributed by atoms with E-state index in [4.69, 9.17) is 14.4 Å². The number of hydrogen-bond donors (Lipinski definition) is 1. The maximum Gasteiger partial charge on any atom is 0.366 e. The molecule has 2 aromatic rings. The van der Waals surface area contributed by atoms with Gasteiger partial charge in [-0.15, -0.1) is 0 Å². The van der Waals surface area contributed by atoms with E-state index in [-0.39, 0.29) is 11.3 Å². The Hall–Kier alpha value is -2.50. The number of ether oxygens (including phenoxy) is 1. The molecule has 0 spiro atoms. The van der Waals surface area contributed by atoms with Crippen molar-refractivity contribution in [2.45, 2.75) is 6.92 Å². The normalized spacial score (nSPS) is 10.4. The fourth-order valence-corrected chi connectivity index (χ4v) is 1.85. The van der Waals surface area contributed by atoms with Gasteiger partial charge in [-0.2, -0.15) is 0 Å². The Morgan fingerprint density at radius 3 is 2.53 bits per heavy atom. The molecule has 19 heavy (non-hydrogen) atoms. The van der Waals surface area contributed by atoms with Gasteiger partial charge >= 0.3 is 11.6 Å². The predicted molar refractivity (Wildman–Crippen MR) is 67.5 cm³/mol. The van der Waals surface area contributed by atoms with Crippen molar-refractivity contribution in [3.8, 4) is 16.9 Å². The number of aryl methyl sites for hydroxylation is 1. The van der Waals surface area contributed by atoms with E-state index in [2.05, 4.69) is 0 Å². The number of aromatic nitrogens is 1. The molecule has 1 N–H and O–H groups in total. The van der Waals surface area contributed by atoms with E-state index in [1.54, 1.807) is 24.3 Å². The summed E-state index contributed by atoms with van der Waals surface area (Å²) in [4.78, 5) is 22.8. The highest BCUT2D eigenvalue weighted by Gasteiger charge is 2.22. The highest BCUT2D eigenvalue weighted by molar-refractivity contribution is 5.93. The quantitative estimate of drug-likeness (QED) is 0.908. The molecule has 0 radical (unpaired) electrons. The molecule has 0 aliphatic carbocycles. The number of carboxylic acid groups (broad SMARTS) is 1. The molecule has 1 aromatic heterocycles. The van der Waals surface area contributed by atoms with E-state index in [0.717, 1.165) is 4.74 Å². The number of hydrogen-bond acceptors (Lipinski definition) is 4. The van der Waals surface area contributed by atoms with Crippen LogP contribution in [0.5, 0.6) is 5.75 Å². The van der Waals surface area contributed by atoms with Crippen molar-refractivity contribution in [1.29, 1.82) is 0 Å². The van der Waals surface area contributed by atoms with Crippen LogP contribution >= 0.6 is 0 Å². The number of aromatic carboxylic acids is 1. The van der Waals surface area contributed by atoms with Crippen LogP contribution in [0.25, 0.3) is 11.1 Å². The fraction of sp³-hybridized carbons (Fsp3) is 0.231. The fourth-order valence-electron chi connectivity index (χ4n) is 1.85. The lowest BCUT2D eigenvalue weighted by molar-refractivity contribution is 0.0673. The summed E-state index contributed by atoms with van der Waals surface area (Å²) in [6.45, 7) is 2.40. The van der Waals surface area contributed by atoms with Crippen molar-refractivity contribution in [2.24, 2.45) is 7.05 Å². The smallest absolute Gasteiger partial charge is 0.366 e. The summed E-state index contributed by atoms with van der Waals surface area (Å²) in [6.07, 6.45) is 0. The molecule has 0 aliphatic rings. The zero-order chi connectivity index (χ0) is 14.0. The van der Waals surface area contributed by atoms with Gasteiger partial charge in [0.05, 0.1) is 6.61 Å². The number of nitrogens with zero attached hydrogens (tertiary/aromatic N) is 1. The number of benzene rings is 1. The van der Waals surface area contributed by atoms with E-state index in [1.807, 2.05) is 6.92 Å². The summed E-state index contributed by atoms with van der Waals surface area (Å²) in [7, 11) is 1.38. The van der Waals surface area contributed by atoms with Gasteiger partial charge < -0.3 is 14.4 Å². The minimum Gasteiger partial charge on any atom is -0.494 e. The maximum absolute atomic E-state index is 11.7. The first kappa shape index (κ1) is 12.9. The first-order chi connectivity index (χ1) is 9.04. The minimum atomic E-state index is -1.21. The van der Waals surface area contributed by atoms with E-state index in [1.165, 1.54) is 7.05 Å². The number of carboxylic acids is 1. The molecule has 100 valence electrons. The Bertz CT molecular complexity index is 651. The van der Waals surface area contributed by atoms with Crippen LogP contribution in [0.2, 0.25) is 0 Å². The zero-order valence-electron chi connectivity index (χ0n) is 10.5. The third-order valence-corrected chi connectivity index (χ3v) is 2.63. The van der Waals surface area contributed by atoms with Crippen LogP contribution in [0.15, 0.2) is 33.6 Å². The molecule has 6 nitrogen and oxygen atoms in total. The van der Waals surface area contributed by atoms with Gasteiger partial charge in [-0.3, -0.25) is 0 Å². The highest BCUT2D eigenvalue weighted by atomic mass is 16.5. The van der Waals surface area contributed by atoms with Crippen LogP contribution in [0, 0.1) is 0 Å². The molecule has 2 rings (SSSR count). The standard InChI is InChI=1S/C13H13NO5/c1-3-18-9-6-4-8(5-7-9)10-11(12(15)16)14(2)19-13(10)17/h4-7H,3H2,1-2H3,(H,15,16). The summed E-state index contributed by atoms with van der Waals surface area (Å²) < 4.78 is 11.0. The largest absolute Gasteiger partial charge is 0.494 e. The van der Waals surface area contributed by atoms with Gasteiger partial charge in [-0.05, 0) is 24.6 Å². The second-order valence-electron chi connectivity index (χ2n) is 3.86. The summed E-state index contributed by atoms with van der Waals surface area (Å²) in [5, 5.41) is 9.12. The van der Waals surface area contributed by atoms with Crippen LogP contribution < -0.4 is 10.4 Å². The van der Waals surface area contributed by atoms with E-state index >= 15 is 0 Å². The summed E-state index contributed by atoms with van der Waals surface area (Å²) in [5.41, 5.74) is -0.327. The van der Waals surface area contributed by atoms with E-state index in [9.17, 15) is 9.59 Å². The van der Waals surface area contributed by atoms with Crippen molar-refractivity contribution in [1.82, 2.24) is 4.74 Å². The lowest BCUT2D eigenvalue weighted by Gasteiger charge is -2.04. The monoisotopic (exact) mass is 263 g/mol. The average Bonchev–Trinajstić information content (AvgIpc) is 2.66. The van der Waals surface area contributed by atoms with Crippen molar-refractivity contribution < 1.29 is 19.2 Å². The third-order valence-electron chi connectivity index (χ3n) is 2.63. The molecular weight excluding hydrogens is 250 g/mol. The van der Waals surface area contributed by atoms with Crippen LogP contribution in [0.1, 0.15) is 17.4 Å². The molecule has 0 amide bonds. The Balaban J connectivity index is 2.52. The van der Waals surface area contributed by atoms with Gasteiger partial charge in [0.2, 0.25) is 0 Å². The highest BCUT2D eigenvalue weighted by Crippen LogP contribution is 2.23. The topological polar surface area (TPSA) is 81.7 Å². The van der Waals surface area contributed by atoms with Gasteiger partial charge in [-0.1, -0.05) is 12.1 Å². The summed E-state index contributed by atoms with van der Waals surface area (Å²) in [6, 6.07) is 6.61. The van der Waals surface area contributed by atoms with Crippen LogP contribution in [0.3, 0.4) is 0 Å². The molecule has 0 aliphatic heterocycles. The minimum absolute atomic E-state index is 0.0399. The lowest BCUT2D eigenvalue weighted by atomic mass is 10.1. The predicted octanol–water partition coefficient (Wildman–Crippen LogP) is 1.74. The average molecular weight is 263 g/mol. The third kappa shape index (κ3) is 2.37. The number of carbonyl (C=O) groups is 1. The van der Waals surface area contributed by atoms with Gasteiger partial charge in [0, 0.05) is 7.05 Å². The van der Waals surface area contributed by atoms with Gasteiger partial charge in [0.1, 0.15) is 11.3 Å². The molecule has 0 fully saturated rings. The molecule has 0 saturated carbocycles. The zero-order valence-corrected chi connectivity index (χ0v) is 10.5. The van der Waals surface area contributed by atoms with Crippen LogP contribution in [-0.4, -0.2) is 22.4 Å². The molecular formula is C13H13NO5. The Labute approximate surface area is 108 Å².